The summed E-state index contributed by atoms with van der Waals surface area (Å²) in [7, 11) is -3.63. The number of anilines is 1. The molecule has 2 aromatic carbocycles. The Labute approximate surface area is 235 Å². The maximum atomic E-state index is 13.4. The molecule has 0 saturated carbocycles. The molecule has 0 bridgehead atoms. The molecule has 0 aliphatic heterocycles. The lowest BCUT2D eigenvalue weighted by atomic mass is 10.1. The highest BCUT2D eigenvalue weighted by molar-refractivity contribution is 7.92. The van der Waals surface area contributed by atoms with Crippen molar-refractivity contribution >= 4 is 62.3 Å². The molecule has 0 spiro atoms. The van der Waals surface area contributed by atoms with Crippen molar-refractivity contribution in [3.63, 3.8) is 0 Å². The number of rotatable bonds is 12. The summed E-state index contributed by atoms with van der Waals surface area (Å²) in [4.78, 5) is 27.8. The monoisotopic (exact) mass is 589 g/mol. The lowest BCUT2D eigenvalue weighted by molar-refractivity contribution is -0.140. The predicted molar refractivity (Wildman–Crippen MR) is 152 cm³/mol. The van der Waals surface area contributed by atoms with Gasteiger partial charge in [-0.1, -0.05) is 53.9 Å². The largest absolute Gasteiger partial charge is 0.352 e. The third-order valence-electron chi connectivity index (χ3n) is 6.22. The molecule has 204 valence electrons. The van der Waals surface area contributed by atoms with Crippen molar-refractivity contribution in [1.29, 1.82) is 0 Å². The van der Waals surface area contributed by atoms with Crippen LogP contribution >= 0.6 is 34.8 Å². The molecule has 0 radical (unpaired) electrons. The zero-order valence-electron chi connectivity index (χ0n) is 21.7. The number of hydrogen-bond acceptors (Lipinski definition) is 4. The molecule has 2 atom stereocenters. The van der Waals surface area contributed by atoms with Gasteiger partial charge in [-0.2, -0.15) is 0 Å². The predicted octanol–water partition coefficient (Wildman–Crippen LogP) is 5.83. The second-order valence-corrected chi connectivity index (χ2v) is 12.2. The van der Waals surface area contributed by atoms with Crippen LogP contribution < -0.4 is 9.62 Å². The van der Waals surface area contributed by atoms with Gasteiger partial charge in [-0.25, -0.2) is 8.42 Å². The van der Waals surface area contributed by atoms with Crippen LogP contribution in [0.5, 0.6) is 0 Å². The van der Waals surface area contributed by atoms with E-state index in [4.69, 9.17) is 34.8 Å². The fourth-order valence-corrected chi connectivity index (χ4v) is 5.45. The number of nitrogens with one attached hydrogen (secondary N) is 1. The molecule has 0 aliphatic carbocycles. The summed E-state index contributed by atoms with van der Waals surface area (Å²) in [6, 6.07) is 9.25. The van der Waals surface area contributed by atoms with Gasteiger partial charge in [-0.05, 0) is 63.4 Å². The molecule has 0 saturated heterocycles. The molecule has 1 N–H and O–H groups in total. The Hall–Kier alpha value is -2.00. The number of hydrogen-bond donors (Lipinski definition) is 1. The van der Waals surface area contributed by atoms with Crippen molar-refractivity contribution in [3.05, 3.63) is 62.6 Å². The molecule has 0 aliphatic rings. The summed E-state index contributed by atoms with van der Waals surface area (Å²) in [6.45, 7) is 7.35. The van der Waals surface area contributed by atoms with E-state index in [9.17, 15) is 18.0 Å². The first kappa shape index (κ1) is 31.2. The Kier molecular flexibility index (Phi) is 11.6. The topological polar surface area (TPSA) is 86.8 Å². The van der Waals surface area contributed by atoms with E-state index in [0.29, 0.717) is 31.9 Å². The van der Waals surface area contributed by atoms with Crippen LogP contribution in [-0.4, -0.2) is 50.0 Å². The highest BCUT2D eigenvalue weighted by Crippen LogP contribution is 2.29. The van der Waals surface area contributed by atoms with Crippen LogP contribution in [0.15, 0.2) is 36.4 Å². The highest BCUT2D eigenvalue weighted by Gasteiger charge is 2.28. The Morgan fingerprint density at radius 1 is 1.00 bits per heavy atom. The molecule has 37 heavy (non-hydrogen) atoms. The van der Waals surface area contributed by atoms with Crippen LogP contribution in [0, 0.1) is 6.92 Å². The first-order valence-corrected chi connectivity index (χ1v) is 15.0. The van der Waals surface area contributed by atoms with Gasteiger partial charge in [0, 0.05) is 46.2 Å². The van der Waals surface area contributed by atoms with Gasteiger partial charge in [0.1, 0.15) is 6.04 Å². The first-order valence-electron chi connectivity index (χ1n) is 12.0. The third-order valence-corrected chi connectivity index (χ3v) is 8.52. The minimum absolute atomic E-state index is 0.00859. The van der Waals surface area contributed by atoms with Crippen LogP contribution in [0.1, 0.15) is 51.2 Å². The Bertz CT molecular complexity index is 1200. The van der Waals surface area contributed by atoms with Crippen molar-refractivity contribution in [3.8, 4) is 0 Å². The van der Waals surface area contributed by atoms with E-state index in [1.165, 1.54) is 9.21 Å². The molecular weight excluding hydrogens is 557 g/mol. The van der Waals surface area contributed by atoms with E-state index in [-0.39, 0.29) is 43.8 Å². The fraction of sp³-hybridized carbons (Fsp3) is 0.462. The molecule has 2 rings (SSSR count). The number of sulfonamides is 1. The summed E-state index contributed by atoms with van der Waals surface area (Å²) in [5.74, 6) is -0.614. The van der Waals surface area contributed by atoms with E-state index in [2.05, 4.69) is 5.32 Å². The number of carbonyl (C=O) groups is 2. The molecular formula is C26H34Cl3N3O4S. The SMILES string of the molecule is CC[C@@H](C)NC(=O)[C@H](C)N(Cc1c(Cl)cccc1Cl)C(=O)CCCN(c1cccc(Cl)c1C)S(C)(=O)=O. The number of amides is 2. The lowest BCUT2D eigenvalue weighted by Gasteiger charge is -2.31. The van der Waals surface area contributed by atoms with Crippen LogP contribution in [0.4, 0.5) is 5.69 Å². The second kappa shape index (κ2) is 13.7. The minimum Gasteiger partial charge on any atom is -0.352 e. The van der Waals surface area contributed by atoms with Gasteiger partial charge in [-0.3, -0.25) is 13.9 Å². The van der Waals surface area contributed by atoms with E-state index in [0.717, 1.165) is 12.7 Å². The first-order chi connectivity index (χ1) is 17.3. The quantitative estimate of drug-likeness (QED) is 0.337. The molecule has 2 aromatic rings. The van der Waals surface area contributed by atoms with Crippen LogP contribution in [0.3, 0.4) is 0 Å². The molecule has 0 fully saturated rings. The standard InChI is InChI=1S/C26H34Cl3N3O4S/c1-6-17(2)30-26(34)19(4)31(16-20-22(28)11-7-12-23(20)29)25(33)14-9-15-32(37(5,35)36)24-13-8-10-21(27)18(24)3/h7-8,10-13,17,19H,6,9,14-16H2,1-5H3,(H,30,34)/t17-,19+/m1/s1. The van der Waals surface area contributed by atoms with E-state index < -0.39 is 16.1 Å². The number of nitrogens with zero attached hydrogens (tertiary/aromatic N) is 2. The van der Waals surface area contributed by atoms with E-state index in [1.807, 2.05) is 13.8 Å². The van der Waals surface area contributed by atoms with Crippen LogP contribution in [-0.2, 0) is 26.2 Å². The summed E-state index contributed by atoms with van der Waals surface area (Å²) in [5.41, 5.74) is 1.63. The van der Waals surface area contributed by atoms with Gasteiger partial charge in [0.2, 0.25) is 21.8 Å². The molecule has 0 aromatic heterocycles. The maximum absolute atomic E-state index is 13.4. The van der Waals surface area contributed by atoms with Crippen LogP contribution in [0.25, 0.3) is 0 Å². The number of benzene rings is 2. The van der Waals surface area contributed by atoms with Crippen molar-refractivity contribution < 1.29 is 18.0 Å². The zero-order valence-corrected chi connectivity index (χ0v) is 24.8. The molecule has 11 heteroatoms. The Morgan fingerprint density at radius 2 is 1.57 bits per heavy atom. The summed E-state index contributed by atoms with van der Waals surface area (Å²) < 4.78 is 26.4. The molecule has 0 unspecified atom stereocenters. The van der Waals surface area contributed by atoms with Gasteiger partial charge in [0.25, 0.3) is 0 Å². The van der Waals surface area contributed by atoms with Crippen molar-refractivity contribution in [1.82, 2.24) is 10.2 Å². The average Bonchev–Trinajstić information content (AvgIpc) is 2.82. The summed E-state index contributed by atoms with van der Waals surface area (Å²) in [5, 5.41) is 4.14. The van der Waals surface area contributed by atoms with Gasteiger partial charge in [0.05, 0.1) is 11.9 Å². The molecule has 2 amide bonds. The Morgan fingerprint density at radius 3 is 2.14 bits per heavy atom. The Balaban J connectivity index is 2.27. The normalized spacial score (nSPS) is 13.1. The zero-order chi connectivity index (χ0) is 27.9. The van der Waals surface area contributed by atoms with E-state index >= 15 is 0 Å². The van der Waals surface area contributed by atoms with Gasteiger partial charge in [0.15, 0.2) is 0 Å². The third kappa shape index (κ3) is 8.50. The minimum atomic E-state index is -3.63. The van der Waals surface area contributed by atoms with E-state index in [1.54, 1.807) is 50.2 Å². The summed E-state index contributed by atoms with van der Waals surface area (Å²) >= 11 is 18.9. The lowest BCUT2D eigenvalue weighted by Crippen LogP contribution is -2.49. The van der Waals surface area contributed by atoms with Gasteiger partial charge in [-0.15, -0.1) is 0 Å². The fourth-order valence-electron chi connectivity index (χ4n) is 3.75. The average molecular weight is 591 g/mol. The molecule has 7 nitrogen and oxygen atoms in total. The van der Waals surface area contributed by atoms with Crippen molar-refractivity contribution in [2.75, 3.05) is 17.1 Å². The number of halogens is 3. The highest BCUT2D eigenvalue weighted by atomic mass is 35.5. The maximum Gasteiger partial charge on any atom is 0.242 e. The van der Waals surface area contributed by atoms with Crippen molar-refractivity contribution in [2.24, 2.45) is 0 Å². The summed E-state index contributed by atoms with van der Waals surface area (Å²) in [6.07, 6.45) is 2.09. The molecule has 0 heterocycles. The second-order valence-electron chi connectivity index (χ2n) is 9.04. The smallest absolute Gasteiger partial charge is 0.242 e. The van der Waals surface area contributed by atoms with Crippen molar-refractivity contribution in [2.45, 2.75) is 65.6 Å². The van der Waals surface area contributed by atoms with Crippen LogP contribution in [0.2, 0.25) is 15.1 Å². The van der Waals surface area contributed by atoms with Gasteiger partial charge < -0.3 is 10.2 Å². The van der Waals surface area contributed by atoms with Gasteiger partial charge >= 0.3 is 0 Å². The number of carbonyl (C=O) groups excluding carboxylic acids is 2.